The summed E-state index contributed by atoms with van der Waals surface area (Å²) in [6.07, 6.45) is 0.950. The van der Waals surface area contributed by atoms with Gasteiger partial charge in [-0.3, -0.25) is 0 Å². The maximum Gasteiger partial charge on any atom is 0.323 e. The highest BCUT2D eigenvalue weighted by Gasteiger charge is 2.15. The van der Waals surface area contributed by atoms with Gasteiger partial charge in [0.25, 0.3) is 0 Å². The molecule has 2 aromatic carbocycles. The van der Waals surface area contributed by atoms with Gasteiger partial charge in [0.2, 0.25) is 21.7 Å². The van der Waals surface area contributed by atoms with Crippen molar-refractivity contribution in [3.8, 4) is 11.4 Å². The molecule has 4 rings (SSSR count). The Kier molecular flexibility index (Phi) is 4.80. The molecule has 0 aliphatic rings. The van der Waals surface area contributed by atoms with Crippen molar-refractivity contribution in [2.75, 3.05) is 6.54 Å². The second-order valence-electron chi connectivity index (χ2n) is 6.17. The third kappa shape index (κ3) is 3.87. The molecule has 0 atom stereocenters. The summed E-state index contributed by atoms with van der Waals surface area (Å²) in [5, 5.41) is 3.94. The fourth-order valence-electron chi connectivity index (χ4n) is 2.77. The Balaban J connectivity index is 1.35. The molecule has 144 valence electrons. The molecule has 10 heteroatoms. The van der Waals surface area contributed by atoms with Crippen LogP contribution >= 0.6 is 0 Å². The fourth-order valence-corrected chi connectivity index (χ4v) is 3.87. The van der Waals surface area contributed by atoms with Gasteiger partial charge in [0.1, 0.15) is 0 Å². The molecule has 0 spiro atoms. The zero-order valence-electron chi connectivity index (χ0n) is 14.7. The molecule has 28 heavy (non-hydrogen) atoms. The number of aromatic nitrogens is 4. The Hall–Kier alpha value is -3.24. The minimum atomic E-state index is -3.69. The topological polar surface area (TPSA) is 134 Å². The van der Waals surface area contributed by atoms with Crippen molar-refractivity contribution >= 4 is 21.1 Å². The molecule has 2 heterocycles. The number of aryl methyl sites for hydroxylation is 1. The van der Waals surface area contributed by atoms with Crippen LogP contribution in [0.1, 0.15) is 12.3 Å². The molecule has 9 nitrogen and oxygen atoms in total. The summed E-state index contributed by atoms with van der Waals surface area (Å²) in [7, 11) is -3.69. The highest BCUT2D eigenvalue weighted by Crippen LogP contribution is 2.16. The highest BCUT2D eigenvalue weighted by atomic mass is 32.2. The van der Waals surface area contributed by atoms with Crippen LogP contribution < -0.4 is 10.4 Å². The first-order valence-electron chi connectivity index (χ1n) is 8.61. The lowest BCUT2D eigenvalue weighted by atomic mass is 10.2. The maximum absolute atomic E-state index is 12.4. The molecule has 0 fully saturated rings. The van der Waals surface area contributed by atoms with E-state index in [1.807, 2.05) is 30.3 Å². The fraction of sp³-hybridized carbons (Fsp3) is 0.167. The van der Waals surface area contributed by atoms with Crippen molar-refractivity contribution in [3.63, 3.8) is 0 Å². The van der Waals surface area contributed by atoms with E-state index >= 15 is 0 Å². The molecule has 2 aromatic heterocycles. The van der Waals surface area contributed by atoms with Gasteiger partial charge in [-0.05, 0) is 24.6 Å². The predicted octanol–water partition coefficient (Wildman–Crippen LogP) is 1.82. The lowest BCUT2D eigenvalue weighted by Crippen LogP contribution is -2.25. The summed E-state index contributed by atoms with van der Waals surface area (Å²) in [5.74, 6) is 0.953. The molecule has 0 saturated carbocycles. The van der Waals surface area contributed by atoms with Crippen molar-refractivity contribution in [2.45, 2.75) is 17.7 Å². The molecular weight excluding hydrogens is 382 g/mol. The average Bonchev–Trinajstić information content (AvgIpc) is 3.31. The Bertz CT molecular complexity index is 1260. The number of imidazole rings is 1. The molecule has 0 aliphatic carbocycles. The zero-order chi connectivity index (χ0) is 19.6. The van der Waals surface area contributed by atoms with Gasteiger partial charge >= 0.3 is 5.69 Å². The lowest BCUT2D eigenvalue weighted by molar-refractivity contribution is 0.376. The first-order chi connectivity index (χ1) is 13.5. The zero-order valence-corrected chi connectivity index (χ0v) is 15.5. The molecule has 0 bridgehead atoms. The van der Waals surface area contributed by atoms with E-state index < -0.39 is 10.0 Å². The van der Waals surface area contributed by atoms with Crippen LogP contribution in [0.15, 0.2) is 62.7 Å². The largest absolute Gasteiger partial charge is 0.339 e. The number of nitrogens with one attached hydrogen (secondary N) is 3. The number of sulfonamides is 1. The molecule has 3 N–H and O–H groups in total. The van der Waals surface area contributed by atoms with E-state index in [2.05, 4.69) is 24.8 Å². The average molecular weight is 399 g/mol. The van der Waals surface area contributed by atoms with Gasteiger partial charge in [-0.2, -0.15) is 4.98 Å². The van der Waals surface area contributed by atoms with Gasteiger partial charge < -0.3 is 14.5 Å². The second-order valence-corrected chi connectivity index (χ2v) is 7.93. The molecule has 0 aliphatic heterocycles. The van der Waals surface area contributed by atoms with Crippen LogP contribution in [0.3, 0.4) is 0 Å². The van der Waals surface area contributed by atoms with E-state index in [1.165, 1.54) is 12.1 Å². The van der Waals surface area contributed by atoms with Crippen LogP contribution in [-0.2, 0) is 16.4 Å². The normalized spacial score (nSPS) is 11.9. The first-order valence-corrected chi connectivity index (χ1v) is 10.1. The SMILES string of the molecule is O=c1[nH]c2ccc(S(=O)(=O)NCCCc3nc(-c4ccccc4)no3)cc2[nH]1. The number of hydrogen-bond acceptors (Lipinski definition) is 6. The van der Waals surface area contributed by atoms with E-state index in [0.29, 0.717) is 35.6 Å². The van der Waals surface area contributed by atoms with Crippen molar-refractivity contribution in [3.05, 3.63) is 64.9 Å². The van der Waals surface area contributed by atoms with E-state index in [0.717, 1.165) is 5.56 Å². The summed E-state index contributed by atoms with van der Waals surface area (Å²) in [6, 6.07) is 13.9. The quantitative estimate of drug-likeness (QED) is 0.406. The van der Waals surface area contributed by atoms with Crippen LogP contribution in [0.2, 0.25) is 0 Å². The van der Waals surface area contributed by atoms with E-state index in [-0.39, 0.29) is 17.1 Å². The Morgan fingerprint density at radius 1 is 1.04 bits per heavy atom. The van der Waals surface area contributed by atoms with Crippen molar-refractivity contribution < 1.29 is 12.9 Å². The van der Waals surface area contributed by atoms with E-state index in [4.69, 9.17) is 4.52 Å². The summed E-state index contributed by atoms with van der Waals surface area (Å²) in [5.41, 5.74) is 1.46. The smallest absolute Gasteiger partial charge is 0.323 e. The van der Waals surface area contributed by atoms with Gasteiger partial charge in [-0.15, -0.1) is 0 Å². The number of fused-ring (bicyclic) bond motifs is 1. The van der Waals surface area contributed by atoms with Crippen LogP contribution in [-0.4, -0.2) is 35.1 Å². The van der Waals surface area contributed by atoms with Gasteiger partial charge in [-0.1, -0.05) is 35.5 Å². The first kappa shape index (κ1) is 18.1. The highest BCUT2D eigenvalue weighted by molar-refractivity contribution is 7.89. The molecular formula is C18H17N5O4S. The Labute approximate surface area is 159 Å². The minimum Gasteiger partial charge on any atom is -0.339 e. The number of H-pyrrole nitrogens is 2. The second kappa shape index (κ2) is 7.41. The van der Waals surface area contributed by atoms with Crippen molar-refractivity contribution in [1.29, 1.82) is 0 Å². The third-order valence-electron chi connectivity index (χ3n) is 4.16. The summed E-state index contributed by atoms with van der Waals surface area (Å²) in [6.45, 7) is 0.215. The predicted molar refractivity (Wildman–Crippen MR) is 102 cm³/mol. The molecule has 4 aromatic rings. The van der Waals surface area contributed by atoms with Crippen molar-refractivity contribution in [2.24, 2.45) is 0 Å². The monoisotopic (exact) mass is 399 g/mol. The van der Waals surface area contributed by atoms with Gasteiger partial charge in [-0.25, -0.2) is 17.9 Å². The number of hydrogen-bond donors (Lipinski definition) is 3. The molecule has 0 amide bonds. The van der Waals surface area contributed by atoms with Crippen LogP contribution in [0.25, 0.3) is 22.4 Å². The number of rotatable bonds is 7. The minimum absolute atomic E-state index is 0.0828. The Morgan fingerprint density at radius 3 is 2.64 bits per heavy atom. The van der Waals surface area contributed by atoms with Gasteiger partial charge in [0.05, 0.1) is 15.9 Å². The molecule has 0 saturated heterocycles. The van der Waals surface area contributed by atoms with Crippen LogP contribution in [0, 0.1) is 0 Å². The maximum atomic E-state index is 12.4. The third-order valence-corrected chi connectivity index (χ3v) is 5.62. The standard InChI is InChI=1S/C18H17N5O4S/c24-18-20-14-9-8-13(11-15(14)21-18)28(25,26)19-10-4-7-16-22-17(23-27-16)12-5-2-1-3-6-12/h1-3,5-6,8-9,11,19H,4,7,10H2,(H2,20,21,24). The van der Waals surface area contributed by atoms with E-state index in [1.54, 1.807) is 6.07 Å². The number of benzene rings is 2. The Morgan fingerprint density at radius 2 is 1.82 bits per heavy atom. The summed E-state index contributed by atoms with van der Waals surface area (Å²) < 4.78 is 32.6. The summed E-state index contributed by atoms with van der Waals surface area (Å²) >= 11 is 0. The van der Waals surface area contributed by atoms with Gasteiger partial charge in [0, 0.05) is 18.5 Å². The number of aromatic amines is 2. The van der Waals surface area contributed by atoms with Crippen LogP contribution in [0.5, 0.6) is 0 Å². The van der Waals surface area contributed by atoms with Crippen molar-refractivity contribution in [1.82, 2.24) is 24.8 Å². The molecule has 0 radical (unpaired) electrons. The molecule has 0 unspecified atom stereocenters. The summed E-state index contributed by atoms with van der Waals surface area (Å²) in [4.78, 5) is 20.8. The van der Waals surface area contributed by atoms with E-state index in [9.17, 15) is 13.2 Å². The van der Waals surface area contributed by atoms with Gasteiger partial charge in [0.15, 0.2) is 0 Å². The van der Waals surface area contributed by atoms with Crippen LogP contribution in [0.4, 0.5) is 0 Å². The number of nitrogens with zero attached hydrogens (tertiary/aromatic N) is 2. The lowest BCUT2D eigenvalue weighted by Gasteiger charge is -2.06.